The highest BCUT2D eigenvalue weighted by Gasteiger charge is 2.69. The number of alkyl halides is 3. The molecule has 1 aliphatic heterocycles. The quantitative estimate of drug-likeness (QED) is 0.551. The average Bonchev–Trinajstić information content (AvgIpc) is 3.60. The summed E-state index contributed by atoms with van der Waals surface area (Å²) in [7, 11) is -3.49. The molecule has 0 bridgehead atoms. The van der Waals surface area contributed by atoms with E-state index in [2.05, 4.69) is 4.90 Å². The van der Waals surface area contributed by atoms with Gasteiger partial charge in [0.25, 0.3) is 0 Å². The topological polar surface area (TPSA) is 66.9 Å². The number of hydrogen-bond acceptors (Lipinski definition) is 5. The first-order valence-electron chi connectivity index (χ1n) is 11.6. The molecule has 0 spiro atoms. The Morgan fingerprint density at radius 3 is 2.21 bits per heavy atom. The molecule has 0 radical (unpaired) electrons. The Labute approximate surface area is 197 Å². The van der Waals surface area contributed by atoms with Crippen molar-refractivity contribution in [2.75, 3.05) is 39.0 Å². The molecule has 11 heteroatoms. The zero-order valence-corrected chi connectivity index (χ0v) is 19.9. The van der Waals surface area contributed by atoms with Crippen LogP contribution in [-0.2, 0) is 14.6 Å². The van der Waals surface area contributed by atoms with E-state index in [1.165, 1.54) is 17.0 Å². The van der Waals surface area contributed by atoms with Gasteiger partial charge in [0.2, 0.25) is 5.91 Å². The third kappa shape index (κ3) is 5.19. The summed E-state index contributed by atoms with van der Waals surface area (Å²) < 4.78 is 82.6. The standard InChI is InChI=1S/C23H30F4N2O4S/c1-34(31,32)18-6-7-20(19(24)14-18)33-15-16-2-4-17(5-3-16)28-10-12-29(13-11-28)21(30)22(8-9-22)23(25,26)27/h6-7,14,16-17H,2-5,8-13,15H2,1H3/t16-,17-. The molecule has 0 unspecified atom stereocenters. The lowest BCUT2D eigenvalue weighted by Crippen LogP contribution is -2.55. The number of ether oxygens (including phenoxy) is 1. The second kappa shape index (κ2) is 9.29. The lowest BCUT2D eigenvalue weighted by Gasteiger charge is -2.42. The fourth-order valence-corrected chi connectivity index (χ4v) is 5.68. The molecule has 2 saturated carbocycles. The molecule has 4 rings (SSSR count). The van der Waals surface area contributed by atoms with Crippen LogP contribution in [0.2, 0.25) is 0 Å². The van der Waals surface area contributed by atoms with Gasteiger partial charge in [0.1, 0.15) is 5.41 Å². The van der Waals surface area contributed by atoms with E-state index in [1.807, 2.05) is 0 Å². The van der Waals surface area contributed by atoms with Crippen molar-refractivity contribution in [2.45, 2.75) is 55.6 Å². The molecule has 1 aromatic rings. The predicted octanol–water partition coefficient (Wildman–Crippen LogP) is 3.65. The minimum atomic E-state index is -4.47. The molecular weight excluding hydrogens is 476 g/mol. The summed E-state index contributed by atoms with van der Waals surface area (Å²) in [6.07, 6.45) is -0.0896. The van der Waals surface area contributed by atoms with Crippen LogP contribution in [0.25, 0.3) is 0 Å². The predicted molar refractivity (Wildman–Crippen MR) is 117 cm³/mol. The Morgan fingerprint density at radius 1 is 1.09 bits per heavy atom. The van der Waals surface area contributed by atoms with Gasteiger partial charge < -0.3 is 9.64 Å². The van der Waals surface area contributed by atoms with Crippen LogP contribution in [-0.4, -0.2) is 75.4 Å². The van der Waals surface area contributed by atoms with Crippen molar-refractivity contribution in [3.63, 3.8) is 0 Å². The Morgan fingerprint density at radius 2 is 1.71 bits per heavy atom. The van der Waals surface area contributed by atoms with E-state index in [4.69, 9.17) is 4.74 Å². The number of sulfone groups is 1. The summed E-state index contributed by atoms with van der Waals surface area (Å²) in [5.74, 6) is -1.20. The Balaban J connectivity index is 1.21. The van der Waals surface area contributed by atoms with Crippen molar-refractivity contribution in [3.05, 3.63) is 24.0 Å². The summed E-state index contributed by atoms with van der Waals surface area (Å²) in [5, 5.41) is 0. The van der Waals surface area contributed by atoms with Crippen molar-refractivity contribution < 1.29 is 35.5 Å². The number of rotatable bonds is 6. The van der Waals surface area contributed by atoms with E-state index in [0.717, 1.165) is 38.0 Å². The van der Waals surface area contributed by atoms with Gasteiger partial charge in [-0.1, -0.05) is 0 Å². The largest absolute Gasteiger partial charge is 0.490 e. The second-order valence-electron chi connectivity index (χ2n) is 9.76. The van der Waals surface area contributed by atoms with E-state index >= 15 is 0 Å². The minimum Gasteiger partial charge on any atom is -0.490 e. The van der Waals surface area contributed by atoms with E-state index in [1.54, 1.807) is 0 Å². The van der Waals surface area contributed by atoms with Crippen LogP contribution < -0.4 is 4.74 Å². The Kier molecular flexibility index (Phi) is 6.89. The molecule has 0 atom stereocenters. The van der Waals surface area contributed by atoms with Gasteiger partial charge in [-0.25, -0.2) is 12.8 Å². The first-order chi connectivity index (χ1) is 15.9. The number of benzene rings is 1. The molecule has 3 fully saturated rings. The van der Waals surface area contributed by atoms with Gasteiger partial charge in [0, 0.05) is 38.5 Å². The molecule has 2 aliphatic carbocycles. The summed E-state index contributed by atoms with van der Waals surface area (Å²) >= 11 is 0. The second-order valence-corrected chi connectivity index (χ2v) is 11.8. The van der Waals surface area contributed by atoms with E-state index < -0.39 is 33.2 Å². The third-order valence-electron chi connectivity index (χ3n) is 7.44. The highest BCUT2D eigenvalue weighted by molar-refractivity contribution is 7.90. The van der Waals surface area contributed by atoms with Crippen molar-refractivity contribution >= 4 is 15.7 Å². The van der Waals surface area contributed by atoms with Crippen LogP contribution in [0.15, 0.2) is 23.1 Å². The summed E-state index contributed by atoms with van der Waals surface area (Å²) in [6, 6.07) is 3.94. The molecule has 0 N–H and O–H groups in total. The normalized spacial score (nSPS) is 25.7. The van der Waals surface area contributed by atoms with E-state index in [-0.39, 0.29) is 29.4 Å². The molecule has 6 nitrogen and oxygen atoms in total. The molecule has 1 saturated heterocycles. The SMILES string of the molecule is CS(=O)(=O)c1ccc(OC[C@H]2CC[C@H](N3CCN(C(=O)C4(C(F)(F)F)CC4)CC3)CC2)c(F)c1. The molecule has 1 amide bonds. The lowest BCUT2D eigenvalue weighted by atomic mass is 9.85. The van der Waals surface area contributed by atoms with Crippen molar-refractivity contribution in [2.24, 2.45) is 11.3 Å². The Bertz CT molecular complexity index is 1010. The lowest BCUT2D eigenvalue weighted by molar-refractivity contribution is -0.199. The summed E-state index contributed by atoms with van der Waals surface area (Å²) in [6.45, 7) is 2.13. The van der Waals surface area contributed by atoms with Gasteiger partial charge in [-0.15, -0.1) is 0 Å². The van der Waals surface area contributed by atoms with Crippen molar-refractivity contribution in [1.29, 1.82) is 0 Å². The minimum absolute atomic E-state index is 0.0302. The van der Waals surface area contributed by atoms with Crippen LogP contribution in [0.3, 0.4) is 0 Å². The molecule has 1 aromatic carbocycles. The van der Waals surface area contributed by atoms with Gasteiger partial charge in [0.05, 0.1) is 11.5 Å². The van der Waals surface area contributed by atoms with E-state index in [0.29, 0.717) is 38.8 Å². The summed E-state index contributed by atoms with van der Waals surface area (Å²) in [5.41, 5.74) is -2.14. The van der Waals surface area contributed by atoms with Gasteiger partial charge in [0.15, 0.2) is 21.4 Å². The van der Waals surface area contributed by atoms with Crippen LogP contribution in [0.4, 0.5) is 17.6 Å². The van der Waals surface area contributed by atoms with Gasteiger partial charge in [-0.05, 0) is 62.6 Å². The van der Waals surface area contributed by atoms with Gasteiger partial charge >= 0.3 is 6.18 Å². The molecule has 0 aromatic heterocycles. The first-order valence-corrected chi connectivity index (χ1v) is 13.5. The molecule has 34 heavy (non-hydrogen) atoms. The molecular formula is C23H30F4N2O4S. The maximum Gasteiger partial charge on any atom is 0.403 e. The van der Waals surface area contributed by atoms with Crippen LogP contribution >= 0.6 is 0 Å². The molecule has 190 valence electrons. The zero-order valence-electron chi connectivity index (χ0n) is 19.1. The Hall–Kier alpha value is -1.88. The monoisotopic (exact) mass is 506 g/mol. The average molecular weight is 507 g/mol. The number of amides is 1. The highest BCUT2D eigenvalue weighted by Crippen LogP contribution is 2.58. The van der Waals surface area contributed by atoms with Gasteiger partial charge in [-0.3, -0.25) is 9.69 Å². The zero-order chi connectivity index (χ0) is 24.7. The smallest absolute Gasteiger partial charge is 0.403 e. The van der Waals surface area contributed by atoms with Crippen LogP contribution in [0, 0.1) is 17.2 Å². The van der Waals surface area contributed by atoms with Crippen molar-refractivity contribution in [1.82, 2.24) is 9.80 Å². The number of piperazine rings is 1. The third-order valence-corrected chi connectivity index (χ3v) is 8.55. The highest BCUT2D eigenvalue weighted by atomic mass is 32.2. The fourth-order valence-electron chi connectivity index (χ4n) is 5.05. The number of nitrogens with zero attached hydrogens (tertiary/aromatic N) is 2. The summed E-state index contributed by atoms with van der Waals surface area (Å²) in [4.78, 5) is 16.0. The van der Waals surface area contributed by atoms with Crippen molar-refractivity contribution in [3.8, 4) is 5.75 Å². The number of halogens is 4. The maximum absolute atomic E-state index is 14.2. The molecule has 1 heterocycles. The fraction of sp³-hybridized carbons (Fsp3) is 0.696. The van der Waals surface area contributed by atoms with Gasteiger partial charge in [-0.2, -0.15) is 13.2 Å². The number of hydrogen-bond donors (Lipinski definition) is 0. The number of carbonyl (C=O) groups is 1. The number of carbonyl (C=O) groups excluding carboxylic acids is 1. The van der Waals surface area contributed by atoms with Crippen LogP contribution in [0.5, 0.6) is 5.75 Å². The molecule has 3 aliphatic rings. The maximum atomic E-state index is 14.2. The first kappa shape index (κ1) is 25.2. The van der Waals surface area contributed by atoms with E-state index in [9.17, 15) is 30.8 Å². The van der Waals surface area contributed by atoms with Crippen LogP contribution in [0.1, 0.15) is 38.5 Å².